The molecule has 1 aliphatic rings. The molecule has 2 amide bonds. The van der Waals surface area contributed by atoms with Crippen LogP contribution in [-0.2, 0) is 6.54 Å². The molecule has 0 saturated heterocycles. The van der Waals surface area contributed by atoms with Crippen molar-refractivity contribution >= 4 is 17.6 Å². The Morgan fingerprint density at radius 2 is 1.86 bits per heavy atom. The highest BCUT2D eigenvalue weighted by atomic mass is 35.5. The first-order chi connectivity index (χ1) is 14.2. The number of fused-ring (bicyclic) bond motifs is 1. The van der Waals surface area contributed by atoms with Gasteiger partial charge in [-0.15, -0.1) is 0 Å². The van der Waals surface area contributed by atoms with Crippen molar-refractivity contribution in [1.29, 1.82) is 0 Å². The predicted octanol–water partition coefficient (Wildman–Crippen LogP) is 4.10. The molecule has 2 heterocycles. The van der Waals surface area contributed by atoms with E-state index in [1.165, 1.54) is 0 Å². The highest BCUT2D eigenvalue weighted by molar-refractivity contribution is 6.32. The van der Waals surface area contributed by atoms with Gasteiger partial charge in [0.2, 0.25) is 0 Å². The Hall–Kier alpha value is -3.25. The molecule has 29 heavy (non-hydrogen) atoms. The molecule has 2 N–H and O–H groups in total. The van der Waals surface area contributed by atoms with Gasteiger partial charge in [-0.3, -0.25) is 4.98 Å². The third kappa shape index (κ3) is 4.60. The number of ether oxygens (including phenoxy) is 2. The number of hydrogen-bond acceptors (Lipinski definition) is 4. The molecule has 4 rings (SSSR count). The monoisotopic (exact) mass is 409 g/mol. The zero-order valence-corrected chi connectivity index (χ0v) is 16.4. The van der Waals surface area contributed by atoms with Crippen LogP contribution in [0.3, 0.4) is 0 Å². The van der Waals surface area contributed by atoms with Gasteiger partial charge in [-0.05, 0) is 35.4 Å². The number of nitrogens with zero attached hydrogens (tertiary/aromatic N) is 1. The average molecular weight is 410 g/mol. The number of nitrogens with one attached hydrogen (secondary N) is 2. The smallest absolute Gasteiger partial charge is 0.315 e. The van der Waals surface area contributed by atoms with Crippen molar-refractivity contribution < 1.29 is 14.3 Å². The number of carbonyl (C=O) groups is 1. The number of rotatable bonds is 5. The second-order valence-corrected chi connectivity index (χ2v) is 6.93. The lowest BCUT2D eigenvalue weighted by molar-refractivity contribution is 0.171. The summed E-state index contributed by atoms with van der Waals surface area (Å²) >= 11 is 6.27. The lowest BCUT2D eigenvalue weighted by Crippen LogP contribution is -2.38. The number of urea groups is 1. The molecule has 0 saturated carbocycles. The van der Waals surface area contributed by atoms with E-state index >= 15 is 0 Å². The summed E-state index contributed by atoms with van der Waals surface area (Å²) in [6.45, 7) is 1.25. The Kier molecular flexibility index (Phi) is 5.81. The maximum Gasteiger partial charge on any atom is 0.315 e. The molecule has 0 bridgehead atoms. The van der Waals surface area contributed by atoms with Crippen LogP contribution >= 0.6 is 11.6 Å². The Morgan fingerprint density at radius 1 is 1.07 bits per heavy atom. The van der Waals surface area contributed by atoms with Crippen LogP contribution in [0.1, 0.15) is 22.9 Å². The van der Waals surface area contributed by atoms with Crippen molar-refractivity contribution in [2.24, 2.45) is 0 Å². The van der Waals surface area contributed by atoms with E-state index in [4.69, 9.17) is 21.1 Å². The summed E-state index contributed by atoms with van der Waals surface area (Å²) in [5.41, 5.74) is 2.53. The van der Waals surface area contributed by atoms with Gasteiger partial charge in [0.1, 0.15) is 13.2 Å². The van der Waals surface area contributed by atoms with Crippen LogP contribution in [0, 0.1) is 0 Å². The van der Waals surface area contributed by atoms with Crippen molar-refractivity contribution in [3.63, 3.8) is 0 Å². The minimum Gasteiger partial charge on any atom is -0.486 e. The molecular formula is C22H20ClN3O3. The summed E-state index contributed by atoms with van der Waals surface area (Å²) in [4.78, 5) is 17.0. The molecule has 1 aromatic heterocycles. The fraction of sp³-hybridized carbons (Fsp3) is 0.182. The number of halogens is 1. The van der Waals surface area contributed by atoms with Crippen molar-refractivity contribution in [3.8, 4) is 11.5 Å². The van der Waals surface area contributed by atoms with Gasteiger partial charge in [0, 0.05) is 12.7 Å². The number of pyridine rings is 1. The van der Waals surface area contributed by atoms with E-state index < -0.39 is 0 Å². The van der Waals surface area contributed by atoms with E-state index in [1.54, 1.807) is 12.3 Å². The molecule has 6 nitrogen and oxygen atoms in total. The van der Waals surface area contributed by atoms with Crippen LogP contribution in [0.25, 0.3) is 0 Å². The van der Waals surface area contributed by atoms with E-state index in [0.717, 1.165) is 16.8 Å². The molecule has 2 aromatic carbocycles. The van der Waals surface area contributed by atoms with Gasteiger partial charge in [0.25, 0.3) is 0 Å². The first-order valence-corrected chi connectivity index (χ1v) is 9.67. The van der Waals surface area contributed by atoms with Crippen molar-refractivity contribution in [1.82, 2.24) is 15.6 Å². The third-order valence-corrected chi connectivity index (χ3v) is 4.78. The van der Waals surface area contributed by atoms with Crippen LogP contribution in [0.5, 0.6) is 11.5 Å². The molecule has 3 aromatic rings. The molecule has 0 fully saturated rings. The van der Waals surface area contributed by atoms with E-state index in [1.807, 2.05) is 54.6 Å². The average Bonchev–Trinajstić information content (AvgIpc) is 2.77. The number of benzene rings is 2. The molecule has 7 heteroatoms. The Bertz CT molecular complexity index is 944. The van der Waals surface area contributed by atoms with Gasteiger partial charge in [0.15, 0.2) is 11.5 Å². The summed E-state index contributed by atoms with van der Waals surface area (Å²) < 4.78 is 11.1. The van der Waals surface area contributed by atoms with Gasteiger partial charge < -0.3 is 20.1 Å². The van der Waals surface area contributed by atoms with E-state index in [9.17, 15) is 4.79 Å². The first kappa shape index (κ1) is 19.1. The van der Waals surface area contributed by atoms with Gasteiger partial charge >= 0.3 is 6.03 Å². The lowest BCUT2D eigenvalue weighted by atomic mass is 10.0. The van der Waals surface area contributed by atoms with Crippen LogP contribution < -0.4 is 20.1 Å². The maximum atomic E-state index is 12.6. The molecule has 1 unspecified atom stereocenters. The summed E-state index contributed by atoms with van der Waals surface area (Å²) in [6, 6.07) is 18.3. The second-order valence-electron chi connectivity index (χ2n) is 6.53. The quantitative estimate of drug-likeness (QED) is 0.665. The van der Waals surface area contributed by atoms with E-state index in [0.29, 0.717) is 36.3 Å². The van der Waals surface area contributed by atoms with Crippen molar-refractivity contribution in [2.75, 3.05) is 13.2 Å². The topological polar surface area (TPSA) is 72.5 Å². The number of aromatic nitrogens is 1. The fourth-order valence-corrected chi connectivity index (χ4v) is 3.44. The molecule has 0 aliphatic carbocycles. The minimum absolute atomic E-state index is 0.298. The summed E-state index contributed by atoms with van der Waals surface area (Å²) in [6.07, 6.45) is 1.71. The standard InChI is InChI=1S/C22H20ClN3O3/c23-17-12-15(13-19-21(17)29-11-10-28-19)14-25-22(27)26-20(16-6-2-1-3-7-16)18-8-4-5-9-24-18/h1-9,12-13,20H,10-11,14H2,(H2,25,26,27). The molecular weight excluding hydrogens is 390 g/mol. The minimum atomic E-state index is -0.360. The Morgan fingerprint density at radius 3 is 2.66 bits per heavy atom. The van der Waals surface area contributed by atoms with Crippen LogP contribution in [0.2, 0.25) is 5.02 Å². The zero-order chi connectivity index (χ0) is 20.1. The largest absolute Gasteiger partial charge is 0.486 e. The SMILES string of the molecule is O=C(NCc1cc(Cl)c2c(c1)OCCO2)NC(c1ccccc1)c1ccccn1. The Labute approximate surface area is 173 Å². The first-order valence-electron chi connectivity index (χ1n) is 9.29. The van der Waals surface area contributed by atoms with Gasteiger partial charge in [-0.1, -0.05) is 48.0 Å². The van der Waals surface area contributed by atoms with E-state index in [-0.39, 0.29) is 12.1 Å². The summed E-state index contributed by atoms with van der Waals surface area (Å²) in [7, 11) is 0. The number of amides is 2. The van der Waals surface area contributed by atoms with Gasteiger partial charge in [-0.25, -0.2) is 4.79 Å². The van der Waals surface area contributed by atoms with Crippen LogP contribution in [-0.4, -0.2) is 24.2 Å². The zero-order valence-electron chi connectivity index (χ0n) is 15.6. The maximum absolute atomic E-state index is 12.6. The summed E-state index contributed by atoms with van der Waals surface area (Å²) in [5, 5.41) is 6.33. The summed E-state index contributed by atoms with van der Waals surface area (Å²) in [5.74, 6) is 1.14. The highest BCUT2D eigenvalue weighted by Gasteiger charge is 2.19. The third-order valence-electron chi connectivity index (χ3n) is 4.50. The normalized spacial score (nSPS) is 13.4. The predicted molar refractivity (Wildman–Crippen MR) is 110 cm³/mol. The molecule has 0 spiro atoms. The van der Waals surface area contributed by atoms with Crippen molar-refractivity contribution in [2.45, 2.75) is 12.6 Å². The molecule has 1 aliphatic heterocycles. The molecule has 0 radical (unpaired) electrons. The van der Waals surface area contributed by atoms with Crippen LogP contribution in [0.4, 0.5) is 4.79 Å². The molecule has 148 valence electrons. The van der Waals surface area contributed by atoms with Gasteiger partial charge in [-0.2, -0.15) is 0 Å². The number of hydrogen-bond donors (Lipinski definition) is 2. The van der Waals surface area contributed by atoms with Gasteiger partial charge in [0.05, 0.1) is 16.8 Å². The fourth-order valence-electron chi connectivity index (χ4n) is 3.15. The lowest BCUT2D eigenvalue weighted by Gasteiger charge is -2.21. The van der Waals surface area contributed by atoms with Crippen molar-refractivity contribution in [3.05, 3.63) is 88.7 Å². The molecule has 1 atom stereocenters. The highest BCUT2D eigenvalue weighted by Crippen LogP contribution is 2.38. The second kappa shape index (κ2) is 8.84. The van der Waals surface area contributed by atoms with Crippen LogP contribution in [0.15, 0.2) is 66.9 Å². The van der Waals surface area contributed by atoms with E-state index in [2.05, 4.69) is 15.6 Å². The Balaban J connectivity index is 1.46. The number of carbonyl (C=O) groups excluding carboxylic acids is 1.